The number of methoxy groups -OCH3 is 1. The molecule has 4 rings (SSSR count). The number of rotatable bonds is 3. The zero-order valence-electron chi connectivity index (χ0n) is 15.0. The van der Waals surface area contributed by atoms with Crippen LogP contribution in [0.2, 0.25) is 5.02 Å². The van der Waals surface area contributed by atoms with E-state index in [4.69, 9.17) is 22.1 Å². The summed E-state index contributed by atoms with van der Waals surface area (Å²) >= 11 is 6.47. The number of pyridine rings is 1. The number of nitrogens with one attached hydrogen (secondary N) is 1. The third kappa shape index (κ3) is 2.87. The lowest BCUT2D eigenvalue weighted by Gasteiger charge is -2.16. The largest absolute Gasteiger partial charge is 0.496 e. The van der Waals surface area contributed by atoms with Gasteiger partial charge in [-0.1, -0.05) is 54.1 Å². The van der Waals surface area contributed by atoms with Crippen molar-refractivity contribution in [1.82, 2.24) is 4.98 Å². The van der Waals surface area contributed by atoms with Crippen LogP contribution in [-0.2, 0) is 0 Å². The van der Waals surface area contributed by atoms with Gasteiger partial charge in [-0.15, -0.1) is 0 Å². The third-order valence-electron chi connectivity index (χ3n) is 4.87. The molecule has 0 unspecified atom stereocenters. The van der Waals surface area contributed by atoms with Crippen molar-refractivity contribution >= 4 is 33.3 Å². The van der Waals surface area contributed by atoms with Gasteiger partial charge in [-0.2, -0.15) is 0 Å². The van der Waals surface area contributed by atoms with Crippen LogP contribution in [0.4, 0.5) is 0 Å². The predicted molar refractivity (Wildman–Crippen MR) is 112 cm³/mol. The van der Waals surface area contributed by atoms with Gasteiger partial charge in [0.25, 0.3) is 5.56 Å². The lowest BCUT2D eigenvalue weighted by atomic mass is 9.94. The maximum Gasteiger partial charge on any atom is 0.256 e. The Kier molecular flexibility index (Phi) is 4.38. The van der Waals surface area contributed by atoms with Crippen LogP contribution in [0.3, 0.4) is 0 Å². The fraction of sp³-hybridized carbons (Fsp3) is 0.136. The molecule has 1 heterocycles. The van der Waals surface area contributed by atoms with Crippen LogP contribution < -0.4 is 16.0 Å². The number of halogens is 1. The molecule has 0 saturated heterocycles. The first-order valence-corrected chi connectivity index (χ1v) is 9.06. The predicted octanol–water partition coefficient (Wildman–Crippen LogP) is 5.03. The second kappa shape index (κ2) is 6.72. The van der Waals surface area contributed by atoms with Gasteiger partial charge in [-0.25, -0.2) is 0 Å². The van der Waals surface area contributed by atoms with E-state index in [1.54, 1.807) is 13.2 Å². The van der Waals surface area contributed by atoms with E-state index in [1.165, 1.54) is 0 Å². The van der Waals surface area contributed by atoms with Crippen molar-refractivity contribution in [2.24, 2.45) is 5.73 Å². The van der Waals surface area contributed by atoms with Crippen molar-refractivity contribution in [2.45, 2.75) is 13.0 Å². The van der Waals surface area contributed by atoms with Crippen LogP contribution >= 0.6 is 11.6 Å². The first-order chi connectivity index (χ1) is 13.0. The highest BCUT2D eigenvalue weighted by Crippen LogP contribution is 2.42. The van der Waals surface area contributed by atoms with Crippen LogP contribution in [-0.4, -0.2) is 12.1 Å². The minimum atomic E-state index is -0.163. The van der Waals surface area contributed by atoms with Gasteiger partial charge >= 0.3 is 0 Å². The van der Waals surface area contributed by atoms with Crippen molar-refractivity contribution in [1.29, 1.82) is 0 Å². The van der Waals surface area contributed by atoms with Crippen molar-refractivity contribution < 1.29 is 4.74 Å². The van der Waals surface area contributed by atoms with Gasteiger partial charge in [0.2, 0.25) is 0 Å². The minimum Gasteiger partial charge on any atom is -0.496 e. The molecule has 136 valence electrons. The number of hydrogen-bond acceptors (Lipinski definition) is 3. The van der Waals surface area contributed by atoms with Gasteiger partial charge < -0.3 is 15.5 Å². The van der Waals surface area contributed by atoms with Crippen molar-refractivity contribution in [2.75, 3.05) is 7.11 Å². The van der Waals surface area contributed by atoms with Gasteiger partial charge in [0, 0.05) is 28.4 Å². The van der Waals surface area contributed by atoms with E-state index in [0.29, 0.717) is 21.7 Å². The second-order valence-corrected chi connectivity index (χ2v) is 7.00. The highest BCUT2D eigenvalue weighted by Gasteiger charge is 2.18. The summed E-state index contributed by atoms with van der Waals surface area (Å²) in [6, 6.07) is 17.3. The summed E-state index contributed by atoms with van der Waals surface area (Å²) in [6.07, 6.45) is 0. The van der Waals surface area contributed by atoms with E-state index < -0.39 is 0 Å². The van der Waals surface area contributed by atoms with Gasteiger partial charge in [-0.05, 0) is 29.5 Å². The summed E-state index contributed by atoms with van der Waals surface area (Å²) in [5.74, 6) is 0.651. The Balaban J connectivity index is 2.17. The molecule has 27 heavy (non-hydrogen) atoms. The van der Waals surface area contributed by atoms with Crippen LogP contribution in [0.25, 0.3) is 32.8 Å². The molecular weight excluding hydrogens is 360 g/mol. The maximum atomic E-state index is 12.5. The molecule has 0 saturated carbocycles. The summed E-state index contributed by atoms with van der Waals surface area (Å²) in [6.45, 7) is 1.95. The van der Waals surface area contributed by atoms with E-state index >= 15 is 0 Å². The summed E-state index contributed by atoms with van der Waals surface area (Å²) < 4.78 is 5.64. The molecule has 3 N–H and O–H groups in total. The number of hydrogen-bond donors (Lipinski definition) is 2. The number of fused-ring (bicyclic) bond motifs is 3. The summed E-state index contributed by atoms with van der Waals surface area (Å²) in [5.41, 5.74) is 9.33. The number of aromatic amines is 1. The van der Waals surface area contributed by atoms with E-state index in [2.05, 4.69) is 4.98 Å². The SMILES string of the molecule is COc1cc(Cl)c2[nH]c(=O)c3ccccc3c2c1-c1ccc([C@@H](C)N)cc1. The van der Waals surface area contributed by atoms with Gasteiger partial charge in [0.15, 0.2) is 0 Å². The number of H-pyrrole nitrogens is 1. The van der Waals surface area contributed by atoms with Crippen molar-refractivity contribution in [3.8, 4) is 16.9 Å². The molecule has 5 heteroatoms. The Morgan fingerprint density at radius 1 is 1.07 bits per heavy atom. The Morgan fingerprint density at radius 3 is 2.37 bits per heavy atom. The van der Waals surface area contributed by atoms with Crippen LogP contribution in [0.1, 0.15) is 18.5 Å². The Labute approximate surface area is 161 Å². The number of ether oxygens (including phenoxy) is 1. The van der Waals surface area contributed by atoms with Gasteiger partial charge in [0.1, 0.15) is 5.75 Å². The van der Waals surface area contributed by atoms with E-state index in [1.807, 2.05) is 55.5 Å². The van der Waals surface area contributed by atoms with E-state index in [-0.39, 0.29) is 11.6 Å². The van der Waals surface area contributed by atoms with Crippen molar-refractivity contribution in [3.63, 3.8) is 0 Å². The molecule has 4 aromatic rings. The minimum absolute atomic E-state index is 0.0416. The zero-order chi connectivity index (χ0) is 19.1. The van der Waals surface area contributed by atoms with E-state index in [9.17, 15) is 4.79 Å². The summed E-state index contributed by atoms with van der Waals surface area (Å²) in [4.78, 5) is 15.4. The lowest BCUT2D eigenvalue weighted by molar-refractivity contribution is 0.417. The Morgan fingerprint density at radius 2 is 1.74 bits per heavy atom. The van der Waals surface area contributed by atoms with Gasteiger partial charge in [0.05, 0.1) is 17.6 Å². The molecule has 0 amide bonds. The first-order valence-electron chi connectivity index (χ1n) is 8.68. The topological polar surface area (TPSA) is 68.1 Å². The quantitative estimate of drug-likeness (QED) is 0.491. The molecule has 0 aliphatic rings. The molecule has 1 atom stereocenters. The average molecular weight is 379 g/mol. The third-order valence-corrected chi connectivity index (χ3v) is 5.17. The Hall–Kier alpha value is -2.82. The molecule has 0 spiro atoms. The van der Waals surface area contributed by atoms with Crippen LogP contribution in [0, 0.1) is 0 Å². The standard InChI is InChI=1S/C22H19ClN2O2/c1-12(24)13-7-9-14(10-8-13)19-18(27-2)11-17(23)21-20(19)15-5-3-4-6-16(15)22(26)25-21/h3-12H,24H2,1-2H3,(H,25,26)/t12-/m1/s1. The van der Waals surface area contributed by atoms with Crippen molar-refractivity contribution in [3.05, 3.63) is 75.5 Å². The zero-order valence-corrected chi connectivity index (χ0v) is 15.8. The highest BCUT2D eigenvalue weighted by atomic mass is 35.5. The van der Waals surface area contributed by atoms with Crippen LogP contribution in [0.5, 0.6) is 5.75 Å². The smallest absolute Gasteiger partial charge is 0.256 e. The summed E-state index contributed by atoms with van der Waals surface area (Å²) in [7, 11) is 1.62. The molecule has 0 bridgehead atoms. The summed E-state index contributed by atoms with van der Waals surface area (Å²) in [5, 5.41) is 2.76. The normalized spacial score (nSPS) is 12.4. The average Bonchev–Trinajstić information content (AvgIpc) is 2.68. The highest BCUT2D eigenvalue weighted by molar-refractivity contribution is 6.37. The monoisotopic (exact) mass is 378 g/mol. The molecule has 0 radical (unpaired) electrons. The first kappa shape index (κ1) is 17.6. The second-order valence-electron chi connectivity index (χ2n) is 6.60. The fourth-order valence-electron chi connectivity index (χ4n) is 3.50. The molecule has 3 aromatic carbocycles. The maximum absolute atomic E-state index is 12.5. The number of nitrogens with two attached hydrogens (primary N) is 1. The number of benzene rings is 3. The molecule has 0 fully saturated rings. The van der Waals surface area contributed by atoms with Gasteiger partial charge in [-0.3, -0.25) is 4.79 Å². The Bertz CT molecular complexity index is 1210. The number of aromatic nitrogens is 1. The molecule has 0 aliphatic carbocycles. The lowest BCUT2D eigenvalue weighted by Crippen LogP contribution is -2.07. The molecule has 1 aromatic heterocycles. The fourth-order valence-corrected chi connectivity index (χ4v) is 3.74. The van der Waals surface area contributed by atoms with E-state index in [0.717, 1.165) is 27.5 Å². The molecular formula is C22H19ClN2O2. The molecule has 4 nitrogen and oxygen atoms in total. The van der Waals surface area contributed by atoms with Crippen LogP contribution in [0.15, 0.2) is 59.4 Å². The molecule has 0 aliphatic heterocycles.